The zero-order valence-corrected chi connectivity index (χ0v) is 13.2. The van der Waals surface area contributed by atoms with Gasteiger partial charge in [-0.1, -0.05) is 19.1 Å². The minimum absolute atomic E-state index is 0.0518. The molecule has 0 spiro atoms. The number of nitrogens with one attached hydrogen (secondary N) is 2. The average Bonchev–Trinajstić information content (AvgIpc) is 2.55. The molecule has 0 saturated heterocycles. The summed E-state index contributed by atoms with van der Waals surface area (Å²) in [4.78, 5) is 11.8. The van der Waals surface area contributed by atoms with Gasteiger partial charge in [0.25, 0.3) is 5.91 Å². The Hall–Kier alpha value is -2.32. The van der Waals surface area contributed by atoms with Gasteiger partial charge >= 0.3 is 0 Å². The number of aryl methyl sites for hydroxylation is 1. The van der Waals surface area contributed by atoms with E-state index in [1.807, 2.05) is 37.3 Å². The SMILES string of the molecule is CCOCCCNC(=O)/C(C#N)=C\Nc1ccc(CC)cc1. The zero-order chi connectivity index (χ0) is 16.2. The number of benzene rings is 1. The normalized spacial score (nSPS) is 10.9. The first-order chi connectivity index (χ1) is 10.7. The molecule has 0 fully saturated rings. The van der Waals surface area contributed by atoms with Crippen LogP contribution in [0, 0.1) is 11.3 Å². The highest BCUT2D eigenvalue weighted by molar-refractivity contribution is 5.97. The molecule has 5 nitrogen and oxygen atoms in total. The van der Waals surface area contributed by atoms with E-state index in [0.29, 0.717) is 19.8 Å². The topological polar surface area (TPSA) is 74.1 Å². The van der Waals surface area contributed by atoms with Crippen LogP contribution in [-0.2, 0) is 16.0 Å². The van der Waals surface area contributed by atoms with Crippen molar-refractivity contribution in [2.75, 3.05) is 25.1 Å². The van der Waals surface area contributed by atoms with Crippen LogP contribution < -0.4 is 10.6 Å². The molecule has 0 aromatic heterocycles. The minimum Gasteiger partial charge on any atom is -0.382 e. The predicted molar refractivity (Wildman–Crippen MR) is 87.3 cm³/mol. The third kappa shape index (κ3) is 6.42. The number of hydrogen-bond donors (Lipinski definition) is 2. The molecule has 0 unspecified atom stereocenters. The number of amides is 1. The summed E-state index contributed by atoms with van der Waals surface area (Å²) in [5.41, 5.74) is 2.13. The second-order valence-corrected chi connectivity index (χ2v) is 4.67. The Kier molecular flexibility index (Phi) is 8.39. The van der Waals surface area contributed by atoms with E-state index in [0.717, 1.165) is 18.5 Å². The maximum Gasteiger partial charge on any atom is 0.263 e. The Morgan fingerprint density at radius 3 is 2.64 bits per heavy atom. The van der Waals surface area contributed by atoms with Crippen molar-refractivity contribution in [3.8, 4) is 6.07 Å². The number of anilines is 1. The number of carbonyl (C=O) groups is 1. The lowest BCUT2D eigenvalue weighted by Gasteiger charge is -2.06. The number of carbonyl (C=O) groups excluding carboxylic acids is 1. The smallest absolute Gasteiger partial charge is 0.263 e. The number of hydrogen-bond acceptors (Lipinski definition) is 4. The van der Waals surface area contributed by atoms with E-state index in [9.17, 15) is 4.79 Å². The van der Waals surface area contributed by atoms with E-state index in [1.54, 1.807) is 0 Å². The van der Waals surface area contributed by atoms with Gasteiger partial charge in [-0.15, -0.1) is 0 Å². The van der Waals surface area contributed by atoms with Crippen LogP contribution >= 0.6 is 0 Å². The van der Waals surface area contributed by atoms with Crippen LogP contribution in [0.2, 0.25) is 0 Å². The highest BCUT2D eigenvalue weighted by atomic mass is 16.5. The molecular weight excluding hydrogens is 278 g/mol. The Morgan fingerprint density at radius 2 is 2.05 bits per heavy atom. The average molecular weight is 301 g/mol. The van der Waals surface area contributed by atoms with E-state index >= 15 is 0 Å². The van der Waals surface area contributed by atoms with Crippen LogP contribution in [-0.4, -0.2) is 25.7 Å². The largest absolute Gasteiger partial charge is 0.382 e. The van der Waals surface area contributed by atoms with Gasteiger partial charge in [-0.2, -0.15) is 5.26 Å². The molecule has 0 atom stereocenters. The van der Waals surface area contributed by atoms with Crippen molar-refractivity contribution in [2.24, 2.45) is 0 Å². The van der Waals surface area contributed by atoms with Crippen molar-refractivity contribution in [1.82, 2.24) is 5.32 Å². The fourth-order valence-electron chi connectivity index (χ4n) is 1.76. The summed E-state index contributed by atoms with van der Waals surface area (Å²) in [5.74, 6) is -0.378. The maximum atomic E-state index is 11.8. The molecule has 1 amide bonds. The van der Waals surface area contributed by atoms with Gasteiger partial charge in [0.2, 0.25) is 0 Å². The van der Waals surface area contributed by atoms with Crippen LogP contribution in [0.4, 0.5) is 5.69 Å². The van der Waals surface area contributed by atoms with Gasteiger partial charge in [-0.25, -0.2) is 0 Å². The molecule has 0 radical (unpaired) electrons. The van der Waals surface area contributed by atoms with Gasteiger partial charge in [0, 0.05) is 31.6 Å². The van der Waals surface area contributed by atoms with Gasteiger partial charge in [0.1, 0.15) is 11.6 Å². The number of rotatable bonds is 9. The van der Waals surface area contributed by atoms with Gasteiger partial charge < -0.3 is 15.4 Å². The summed E-state index contributed by atoms with van der Waals surface area (Å²) >= 11 is 0. The predicted octanol–water partition coefficient (Wildman–Crippen LogP) is 2.61. The fourth-order valence-corrected chi connectivity index (χ4v) is 1.76. The van der Waals surface area contributed by atoms with Gasteiger partial charge in [0.15, 0.2) is 0 Å². The van der Waals surface area contributed by atoms with Crippen molar-refractivity contribution < 1.29 is 9.53 Å². The fraction of sp³-hybridized carbons (Fsp3) is 0.412. The van der Waals surface area contributed by atoms with Crippen LogP contribution in [0.15, 0.2) is 36.0 Å². The van der Waals surface area contributed by atoms with Crippen LogP contribution in [0.25, 0.3) is 0 Å². The highest BCUT2D eigenvalue weighted by Gasteiger charge is 2.07. The molecular formula is C17H23N3O2. The van der Waals surface area contributed by atoms with Crippen molar-refractivity contribution in [2.45, 2.75) is 26.7 Å². The summed E-state index contributed by atoms with van der Waals surface area (Å²) in [6.45, 7) is 5.77. The number of ether oxygens (including phenoxy) is 1. The summed E-state index contributed by atoms with van der Waals surface area (Å²) in [5, 5.41) is 14.7. The Labute approximate surface area is 132 Å². The van der Waals surface area contributed by atoms with Crippen molar-refractivity contribution >= 4 is 11.6 Å². The standard InChI is InChI=1S/C17H23N3O2/c1-3-14-6-8-16(9-7-14)20-13-15(12-18)17(21)19-10-5-11-22-4-2/h6-9,13,20H,3-5,10-11H2,1-2H3,(H,19,21)/b15-13-. The molecule has 2 N–H and O–H groups in total. The molecule has 118 valence electrons. The Morgan fingerprint density at radius 1 is 1.32 bits per heavy atom. The summed E-state index contributed by atoms with van der Waals surface area (Å²) in [6.07, 6.45) is 3.13. The Bertz CT molecular complexity index is 530. The molecule has 1 aromatic rings. The quantitative estimate of drug-likeness (QED) is 0.418. The summed E-state index contributed by atoms with van der Waals surface area (Å²) in [6, 6.07) is 9.76. The van der Waals surface area contributed by atoms with Crippen LogP contribution in [0.5, 0.6) is 0 Å². The van der Waals surface area contributed by atoms with Crippen molar-refractivity contribution in [3.63, 3.8) is 0 Å². The molecule has 0 heterocycles. The lowest BCUT2D eigenvalue weighted by molar-refractivity contribution is -0.117. The molecule has 0 aliphatic heterocycles. The van der Waals surface area contributed by atoms with Crippen LogP contribution in [0.3, 0.4) is 0 Å². The summed E-state index contributed by atoms with van der Waals surface area (Å²) in [7, 11) is 0. The number of nitrogens with zero attached hydrogens (tertiary/aromatic N) is 1. The van der Waals surface area contributed by atoms with E-state index < -0.39 is 0 Å². The third-order valence-corrected chi connectivity index (χ3v) is 3.07. The van der Waals surface area contributed by atoms with E-state index in [-0.39, 0.29) is 11.5 Å². The second kappa shape index (κ2) is 10.4. The molecule has 1 rings (SSSR count). The van der Waals surface area contributed by atoms with E-state index in [1.165, 1.54) is 11.8 Å². The Balaban J connectivity index is 2.47. The van der Waals surface area contributed by atoms with Crippen molar-refractivity contribution in [1.29, 1.82) is 5.26 Å². The first-order valence-corrected chi connectivity index (χ1v) is 7.53. The minimum atomic E-state index is -0.378. The molecule has 0 bridgehead atoms. The monoisotopic (exact) mass is 301 g/mol. The first kappa shape index (κ1) is 17.7. The highest BCUT2D eigenvalue weighted by Crippen LogP contribution is 2.10. The lowest BCUT2D eigenvalue weighted by Crippen LogP contribution is -2.26. The molecule has 0 aliphatic carbocycles. The van der Waals surface area contributed by atoms with Gasteiger partial charge in [-0.05, 0) is 37.5 Å². The van der Waals surface area contributed by atoms with Gasteiger partial charge in [0.05, 0.1) is 0 Å². The maximum absolute atomic E-state index is 11.8. The second-order valence-electron chi connectivity index (χ2n) is 4.67. The van der Waals surface area contributed by atoms with Crippen molar-refractivity contribution in [3.05, 3.63) is 41.6 Å². The molecule has 5 heteroatoms. The molecule has 22 heavy (non-hydrogen) atoms. The van der Waals surface area contributed by atoms with Crippen LogP contribution in [0.1, 0.15) is 25.8 Å². The number of nitriles is 1. The van der Waals surface area contributed by atoms with Gasteiger partial charge in [-0.3, -0.25) is 4.79 Å². The molecule has 0 saturated carbocycles. The molecule has 0 aliphatic rings. The lowest BCUT2D eigenvalue weighted by atomic mass is 10.1. The third-order valence-electron chi connectivity index (χ3n) is 3.07. The summed E-state index contributed by atoms with van der Waals surface area (Å²) < 4.78 is 5.18. The van der Waals surface area contributed by atoms with E-state index in [4.69, 9.17) is 10.00 Å². The first-order valence-electron chi connectivity index (χ1n) is 7.53. The van der Waals surface area contributed by atoms with E-state index in [2.05, 4.69) is 17.6 Å². The molecule has 1 aromatic carbocycles. The zero-order valence-electron chi connectivity index (χ0n) is 13.2.